The van der Waals surface area contributed by atoms with Crippen molar-refractivity contribution in [3.05, 3.63) is 69.8 Å². The Morgan fingerprint density at radius 3 is 2.35 bits per heavy atom. The Kier molecular flexibility index (Phi) is 5.09. The van der Waals surface area contributed by atoms with Crippen LogP contribution in [0.2, 0.25) is 0 Å². The lowest BCUT2D eigenvalue weighted by Gasteiger charge is -2.07. The van der Waals surface area contributed by atoms with E-state index < -0.39 is 4.92 Å². The van der Waals surface area contributed by atoms with Crippen molar-refractivity contribution in [3.8, 4) is 11.5 Å². The second kappa shape index (κ2) is 7.22. The molecular formula is C17H15NO5. The molecule has 118 valence electrons. The van der Waals surface area contributed by atoms with Gasteiger partial charge in [0.25, 0.3) is 5.69 Å². The molecule has 2 rings (SSSR count). The summed E-state index contributed by atoms with van der Waals surface area (Å²) in [6.07, 6.45) is 3.00. The summed E-state index contributed by atoms with van der Waals surface area (Å²) in [4.78, 5) is 22.2. The van der Waals surface area contributed by atoms with Gasteiger partial charge in [-0.25, -0.2) is 0 Å². The van der Waals surface area contributed by atoms with Gasteiger partial charge in [-0.15, -0.1) is 0 Å². The maximum atomic E-state index is 12.1. The van der Waals surface area contributed by atoms with Gasteiger partial charge >= 0.3 is 0 Å². The largest absolute Gasteiger partial charge is 0.497 e. The second-order valence-corrected chi connectivity index (χ2v) is 4.61. The molecule has 2 aromatic carbocycles. The van der Waals surface area contributed by atoms with Gasteiger partial charge in [0.05, 0.1) is 19.1 Å². The molecule has 0 saturated carbocycles. The second-order valence-electron chi connectivity index (χ2n) is 4.61. The van der Waals surface area contributed by atoms with E-state index in [4.69, 9.17) is 9.47 Å². The van der Waals surface area contributed by atoms with Crippen LogP contribution in [0.5, 0.6) is 11.5 Å². The van der Waals surface area contributed by atoms with Gasteiger partial charge in [-0.3, -0.25) is 14.9 Å². The van der Waals surface area contributed by atoms with Crippen LogP contribution < -0.4 is 9.47 Å². The van der Waals surface area contributed by atoms with Gasteiger partial charge in [0.15, 0.2) is 5.78 Å². The summed E-state index contributed by atoms with van der Waals surface area (Å²) in [6.45, 7) is 0. The predicted octanol–water partition coefficient (Wildman–Crippen LogP) is 3.51. The number of methoxy groups -OCH3 is 2. The fourth-order valence-electron chi connectivity index (χ4n) is 1.98. The number of ketones is 1. The number of allylic oxidation sites excluding steroid dienone is 1. The molecule has 0 aliphatic heterocycles. The molecule has 0 heterocycles. The van der Waals surface area contributed by atoms with Crippen LogP contribution in [0.15, 0.2) is 48.5 Å². The molecule has 0 aromatic heterocycles. The minimum atomic E-state index is -0.509. The third-order valence-electron chi connectivity index (χ3n) is 3.21. The van der Waals surface area contributed by atoms with Gasteiger partial charge < -0.3 is 9.47 Å². The number of nitro benzene ring substituents is 1. The zero-order valence-electron chi connectivity index (χ0n) is 12.7. The van der Waals surface area contributed by atoms with Crippen molar-refractivity contribution in [3.63, 3.8) is 0 Å². The van der Waals surface area contributed by atoms with E-state index in [1.165, 1.54) is 37.5 Å². The monoisotopic (exact) mass is 313 g/mol. The number of hydrogen-bond donors (Lipinski definition) is 0. The van der Waals surface area contributed by atoms with E-state index in [0.717, 1.165) is 0 Å². The molecule has 0 aliphatic rings. The van der Waals surface area contributed by atoms with E-state index in [9.17, 15) is 14.9 Å². The first-order chi connectivity index (χ1) is 11.0. The number of rotatable bonds is 6. The van der Waals surface area contributed by atoms with Crippen LogP contribution in [-0.4, -0.2) is 24.9 Å². The van der Waals surface area contributed by atoms with Crippen molar-refractivity contribution < 1.29 is 19.2 Å². The van der Waals surface area contributed by atoms with Crippen molar-refractivity contribution in [1.82, 2.24) is 0 Å². The van der Waals surface area contributed by atoms with Crippen LogP contribution in [0, 0.1) is 10.1 Å². The van der Waals surface area contributed by atoms with Gasteiger partial charge in [-0.2, -0.15) is 0 Å². The number of benzene rings is 2. The standard InChI is InChI=1S/C17H15NO5/c1-22-15-8-10-17(23-2)13(11-15)5-9-16(19)12-3-6-14(7-4-12)18(20)21/h3-11H,1-2H3. The van der Waals surface area contributed by atoms with E-state index in [-0.39, 0.29) is 11.5 Å². The molecule has 0 unspecified atom stereocenters. The van der Waals surface area contributed by atoms with Crippen LogP contribution in [0.4, 0.5) is 5.69 Å². The molecule has 6 heteroatoms. The van der Waals surface area contributed by atoms with Crippen molar-refractivity contribution >= 4 is 17.5 Å². The van der Waals surface area contributed by atoms with Crippen LogP contribution in [0.1, 0.15) is 15.9 Å². The lowest BCUT2D eigenvalue weighted by molar-refractivity contribution is -0.384. The molecule has 0 saturated heterocycles. The number of carbonyl (C=O) groups excluding carboxylic acids is 1. The molecule has 2 aromatic rings. The molecule has 23 heavy (non-hydrogen) atoms. The molecule has 0 radical (unpaired) electrons. The first-order valence-electron chi connectivity index (χ1n) is 6.74. The van der Waals surface area contributed by atoms with Gasteiger partial charge in [-0.1, -0.05) is 0 Å². The van der Waals surface area contributed by atoms with Crippen molar-refractivity contribution in [1.29, 1.82) is 0 Å². The van der Waals surface area contributed by atoms with Crippen molar-refractivity contribution in [2.45, 2.75) is 0 Å². The molecule has 0 bridgehead atoms. The Morgan fingerprint density at radius 2 is 1.78 bits per heavy atom. The maximum Gasteiger partial charge on any atom is 0.269 e. The number of nitro groups is 1. The fourth-order valence-corrected chi connectivity index (χ4v) is 1.98. The van der Waals surface area contributed by atoms with Crippen molar-refractivity contribution in [2.24, 2.45) is 0 Å². The third-order valence-corrected chi connectivity index (χ3v) is 3.21. The van der Waals surface area contributed by atoms with Crippen LogP contribution in [0.3, 0.4) is 0 Å². The fraction of sp³-hybridized carbons (Fsp3) is 0.118. The Morgan fingerprint density at radius 1 is 1.09 bits per heavy atom. The summed E-state index contributed by atoms with van der Waals surface area (Å²) >= 11 is 0. The molecule has 0 spiro atoms. The Balaban J connectivity index is 2.22. The first-order valence-corrected chi connectivity index (χ1v) is 6.74. The summed E-state index contributed by atoms with van der Waals surface area (Å²) in [7, 11) is 3.09. The number of nitrogens with zero attached hydrogens (tertiary/aromatic N) is 1. The molecule has 0 amide bonds. The van der Waals surface area contributed by atoms with E-state index in [2.05, 4.69) is 0 Å². The lowest BCUT2D eigenvalue weighted by atomic mass is 10.1. The average Bonchev–Trinajstić information content (AvgIpc) is 2.59. The van der Waals surface area contributed by atoms with Crippen LogP contribution >= 0.6 is 0 Å². The SMILES string of the molecule is COc1ccc(OC)c(C=CC(=O)c2ccc([N+](=O)[O-])cc2)c1. The molecule has 0 atom stereocenters. The average molecular weight is 313 g/mol. The summed E-state index contributed by atoms with van der Waals surface area (Å²) in [5, 5.41) is 10.6. The quantitative estimate of drug-likeness (QED) is 0.353. The Hall–Kier alpha value is -3.15. The van der Waals surface area contributed by atoms with Crippen molar-refractivity contribution in [2.75, 3.05) is 14.2 Å². The number of ether oxygens (including phenoxy) is 2. The van der Waals surface area contributed by atoms with Gasteiger partial charge in [0, 0.05) is 23.3 Å². The molecule has 6 nitrogen and oxygen atoms in total. The van der Waals surface area contributed by atoms with E-state index >= 15 is 0 Å². The third kappa shape index (κ3) is 3.94. The number of carbonyl (C=O) groups is 1. The van der Waals surface area contributed by atoms with E-state index in [1.807, 2.05) is 0 Å². The molecular weight excluding hydrogens is 298 g/mol. The smallest absolute Gasteiger partial charge is 0.269 e. The van der Waals surface area contributed by atoms with Gasteiger partial charge in [0.2, 0.25) is 0 Å². The van der Waals surface area contributed by atoms with Gasteiger partial charge in [0.1, 0.15) is 11.5 Å². The Labute approximate surface area is 133 Å². The lowest BCUT2D eigenvalue weighted by Crippen LogP contribution is -1.95. The van der Waals surface area contributed by atoms with E-state index in [1.54, 1.807) is 31.4 Å². The summed E-state index contributed by atoms with van der Waals surface area (Å²) in [5.41, 5.74) is 1.01. The maximum absolute atomic E-state index is 12.1. The highest BCUT2D eigenvalue weighted by Gasteiger charge is 2.08. The topological polar surface area (TPSA) is 78.7 Å². The highest BCUT2D eigenvalue weighted by atomic mass is 16.6. The number of hydrogen-bond acceptors (Lipinski definition) is 5. The van der Waals surface area contributed by atoms with Crippen LogP contribution in [-0.2, 0) is 0 Å². The normalized spacial score (nSPS) is 10.5. The number of non-ortho nitro benzene ring substituents is 1. The van der Waals surface area contributed by atoms with Crippen LogP contribution in [0.25, 0.3) is 6.08 Å². The summed E-state index contributed by atoms with van der Waals surface area (Å²) in [6, 6.07) is 10.7. The Bertz CT molecular complexity index is 750. The highest BCUT2D eigenvalue weighted by molar-refractivity contribution is 6.07. The summed E-state index contributed by atoms with van der Waals surface area (Å²) in [5.74, 6) is 0.997. The predicted molar refractivity (Wildman–Crippen MR) is 86.0 cm³/mol. The van der Waals surface area contributed by atoms with E-state index in [0.29, 0.717) is 22.6 Å². The summed E-state index contributed by atoms with van der Waals surface area (Å²) < 4.78 is 10.4. The molecule has 0 N–H and O–H groups in total. The highest BCUT2D eigenvalue weighted by Crippen LogP contribution is 2.25. The molecule has 0 aliphatic carbocycles. The minimum Gasteiger partial charge on any atom is -0.497 e. The minimum absolute atomic E-state index is 0.0556. The van der Waals surface area contributed by atoms with Gasteiger partial charge in [-0.05, 0) is 42.5 Å². The zero-order chi connectivity index (χ0) is 16.8. The first kappa shape index (κ1) is 16.2. The zero-order valence-corrected chi connectivity index (χ0v) is 12.7. The molecule has 0 fully saturated rings.